The van der Waals surface area contributed by atoms with Crippen molar-refractivity contribution in [2.24, 2.45) is 11.7 Å². The Hall–Kier alpha value is 0.180. The van der Waals surface area contributed by atoms with Crippen LogP contribution in [0, 0.1) is 5.92 Å². The van der Waals surface area contributed by atoms with Crippen molar-refractivity contribution in [3.8, 4) is 0 Å². The molecule has 0 bridgehead atoms. The molecular weight excluding hydrogens is 288 g/mol. The summed E-state index contributed by atoms with van der Waals surface area (Å²) >= 11 is 0. The third-order valence-electron chi connectivity index (χ3n) is 2.24. The molecule has 112 valence electrons. The van der Waals surface area contributed by atoms with Crippen molar-refractivity contribution in [2.75, 3.05) is 0 Å². The Bertz CT molecular complexity index is 301. The topological polar surface area (TPSA) is 171 Å². The van der Waals surface area contributed by atoms with Crippen LogP contribution < -0.4 is 5.73 Å². The predicted octanol–water partition coefficient (Wildman–Crippen LogP) is 0.278. The van der Waals surface area contributed by atoms with Crippen LogP contribution in [0.15, 0.2) is 0 Å². The molecule has 2 unspecified atom stereocenters. The summed E-state index contributed by atoms with van der Waals surface area (Å²) in [5.41, 5.74) is 4.58. The summed E-state index contributed by atoms with van der Waals surface area (Å²) in [6, 6.07) is 0. The molecule has 2 atom stereocenters. The van der Waals surface area contributed by atoms with E-state index in [0.29, 0.717) is 6.42 Å². The molecule has 0 amide bonds. The fraction of sp³-hybridized carbons (Fsp3) is 1.00. The van der Waals surface area contributed by atoms with Crippen LogP contribution in [0.25, 0.3) is 0 Å². The normalized spacial score (nSPS) is 17.4. The molecular formula is C7H21NO8P2. The van der Waals surface area contributed by atoms with Gasteiger partial charge < -0.3 is 30.4 Å². The Balaban J connectivity index is 0. The van der Waals surface area contributed by atoms with E-state index in [-0.39, 0.29) is 5.92 Å². The highest BCUT2D eigenvalue weighted by atomic mass is 31.3. The van der Waals surface area contributed by atoms with Gasteiger partial charge in [-0.15, -0.1) is 0 Å². The van der Waals surface area contributed by atoms with Crippen LogP contribution in [0.5, 0.6) is 0 Å². The summed E-state index contributed by atoms with van der Waals surface area (Å²) in [5.74, 6) is 0.197. The van der Waals surface area contributed by atoms with E-state index < -0.39 is 21.4 Å². The van der Waals surface area contributed by atoms with Gasteiger partial charge in [0.05, 0.1) is 0 Å². The van der Waals surface area contributed by atoms with E-state index >= 15 is 0 Å². The van der Waals surface area contributed by atoms with Gasteiger partial charge in [0.1, 0.15) is 5.72 Å². The van der Waals surface area contributed by atoms with Gasteiger partial charge in [-0.05, 0) is 18.8 Å². The molecule has 0 fully saturated rings. The summed E-state index contributed by atoms with van der Waals surface area (Å²) in [6.45, 7) is 5.88. The van der Waals surface area contributed by atoms with Gasteiger partial charge in [-0.2, -0.15) is 4.31 Å². The van der Waals surface area contributed by atoms with E-state index in [1.165, 1.54) is 0 Å². The van der Waals surface area contributed by atoms with Crippen molar-refractivity contribution in [2.45, 2.75) is 39.3 Å². The molecule has 0 aliphatic carbocycles. The van der Waals surface area contributed by atoms with Crippen LogP contribution in [0.4, 0.5) is 0 Å². The van der Waals surface area contributed by atoms with Crippen molar-refractivity contribution in [3.05, 3.63) is 0 Å². The molecule has 0 saturated carbocycles. The lowest BCUT2D eigenvalue weighted by Crippen LogP contribution is -2.44. The molecule has 0 heterocycles. The zero-order valence-corrected chi connectivity index (χ0v) is 12.2. The summed E-state index contributed by atoms with van der Waals surface area (Å²) in [4.78, 5) is 31.0. The number of hydrogen-bond acceptors (Lipinski definition) is 5. The van der Waals surface area contributed by atoms with Crippen LogP contribution in [0.2, 0.25) is 0 Å². The highest BCUT2D eigenvalue weighted by Crippen LogP contribution is 2.53. The average molecular weight is 309 g/mol. The van der Waals surface area contributed by atoms with E-state index in [2.05, 4.69) is 4.31 Å². The lowest BCUT2D eigenvalue weighted by molar-refractivity contribution is -0.0109. The second kappa shape index (κ2) is 7.69. The largest absolute Gasteiger partial charge is 0.478 e. The molecule has 0 spiro atoms. The predicted molar refractivity (Wildman–Crippen MR) is 64.1 cm³/mol. The summed E-state index contributed by atoms with van der Waals surface area (Å²) in [5, 5.41) is 9.37. The number of hydrogen-bond donors (Lipinski definition) is 6. The number of rotatable bonds is 5. The molecule has 0 rings (SSSR count). The van der Waals surface area contributed by atoms with E-state index in [1.807, 2.05) is 20.8 Å². The van der Waals surface area contributed by atoms with E-state index in [4.69, 9.17) is 25.3 Å². The van der Waals surface area contributed by atoms with Crippen LogP contribution in [-0.2, 0) is 13.4 Å². The average Bonchev–Trinajstić information content (AvgIpc) is 2.11. The van der Waals surface area contributed by atoms with Gasteiger partial charge in [-0.1, -0.05) is 20.8 Å². The van der Waals surface area contributed by atoms with Gasteiger partial charge in [0.25, 0.3) is 0 Å². The Morgan fingerprint density at radius 2 is 1.50 bits per heavy atom. The molecule has 0 saturated heterocycles. The molecule has 0 aromatic carbocycles. The molecule has 0 aromatic rings. The maximum absolute atomic E-state index is 9.63. The van der Waals surface area contributed by atoms with Crippen LogP contribution in [0.1, 0.15) is 33.6 Å². The van der Waals surface area contributed by atoms with Crippen molar-refractivity contribution in [1.82, 2.24) is 0 Å². The van der Waals surface area contributed by atoms with Gasteiger partial charge in [0.2, 0.25) is 0 Å². The minimum atomic E-state index is -5.05. The molecule has 18 heavy (non-hydrogen) atoms. The first-order valence-electron chi connectivity index (χ1n) is 5.08. The monoisotopic (exact) mass is 309 g/mol. The Labute approximate surface area is 105 Å². The lowest BCUT2D eigenvalue weighted by atomic mass is 9.94. The third kappa shape index (κ3) is 12.6. The molecule has 7 N–H and O–H groups in total. The molecule has 0 aliphatic heterocycles. The van der Waals surface area contributed by atoms with E-state index in [1.54, 1.807) is 0 Å². The van der Waals surface area contributed by atoms with Gasteiger partial charge in [0, 0.05) is 0 Å². The number of nitrogens with two attached hydrogens (primary N) is 1. The Morgan fingerprint density at radius 1 is 1.17 bits per heavy atom. The molecule has 9 nitrogen and oxygen atoms in total. The van der Waals surface area contributed by atoms with Crippen molar-refractivity contribution >= 4 is 15.6 Å². The fourth-order valence-electron chi connectivity index (χ4n) is 0.840. The van der Waals surface area contributed by atoms with E-state index in [9.17, 15) is 14.2 Å². The summed E-state index contributed by atoms with van der Waals surface area (Å²) in [6.07, 6.45) is 1.56. The molecule has 0 aliphatic rings. The Morgan fingerprint density at radius 3 is 1.56 bits per heavy atom. The van der Waals surface area contributed by atoms with Crippen LogP contribution >= 0.6 is 15.6 Å². The summed E-state index contributed by atoms with van der Waals surface area (Å²) < 4.78 is 22.2. The van der Waals surface area contributed by atoms with E-state index in [0.717, 1.165) is 6.42 Å². The SMILES string of the molecule is CCC(C)C(N)(O)CC.O=P(O)(O)OP(=O)(O)O. The van der Waals surface area contributed by atoms with Crippen LogP contribution in [0.3, 0.4) is 0 Å². The second-order valence-electron chi connectivity index (χ2n) is 3.72. The van der Waals surface area contributed by atoms with Gasteiger partial charge in [0.15, 0.2) is 0 Å². The number of phosphoric acid groups is 2. The highest BCUT2D eigenvalue weighted by molar-refractivity contribution is 7.60. The first kappa shape index (κ1) is 20.5. The fourth-order valence-corrected chi connectivity index (χ4v) is 1.95. The van der Waals surface area contributed by atoms with Crippen LogP contribution in [-0.4, -0.2) is 30.4 Å². The quantitative estimate of drug-likeness (QED) is 0.308. The maximum Gasteiger partial charge on any atom is 0.478 e. The smallest absolute Gasteiger partial charge is 0.376 e. The zero-order chi connectivity index (χ0) is 15.2. The first-order chi connectivity index (χ1) is 7.75. The highest BCUT2D eigenvalue weighted by Gasteiger charge is 2.28. The van der Waals surface area contributed by atoms with Crippen molar-refractivity contribution in [1.29, 1.82) is 0 Å². The van der Waals surface area contributed by atoms with Crippen molar-refractivity contribution in [3.63, 3.8) is 0 Å². The molecule has 0 aromatic heterocycles. The lowest BCUT2D eigenvalue weighted by Gasteiger charge is -2.27. The first-order valence-corrected chi connectivity index (χ1v) is 8.15. The third-order valence-corrected chi connectivity index (χ3v) is 3.95. The standard InChI is InChI=1S/C7H17NO.H4O7P2/c1-4-6(3)7(8,9)5-2;1-8(2,3)7-9(4,5)6/h6,9H,4-5,8H2,1-3H3;(H2,1,2,3)(H2,4,5,6). The summed E-state index contributed by atoms with van der Waals surface area (Å²) in [7, 11) is -10.1. The molecule has 11 heteroatoms. The minimum Gasteiger partial charge on any atom is -0.376 e. The Kier molecular flexibility index (Phi) is 8.76. The number of aliphatic hydroxyl groups is 1. The second-order valence-corrected chi connectivity index (χ2v) is 6.33. The minimum absolute atomic E-state index is 0.197. The van der Waals surface area contributed by atoms with Gasteiger partial charge in [-0.3, -0.25) is 0 Å². The molecule has 0 radical (unpaired) electrons. The maximum atomic E-state index is 9.63. The van der Waals surface area contributed by atoms with Crippen molar-refractivity contribution < 1.29 is 38.1 Å². The zero-order valence-electron chi connectivity index (χ0n) is 10.4. The van der Waals surface area contributed by atoms with Gasteiger partial charge >= 0.3 is 15.6 Å². The van der Waals surface area contributed by atoms with Gasteiger partial charge in [-0.25, -0.2) is 9.13 Å².